The molecule has 4 heteroatoms. The Balaban J connectivity index is 2.38. The number of hydrogen-bond donors (Lipinski definition) is 1. The molecule has 17 heavy (non-hydrogen) atoms. The van der Waals surface area contributed by atoms with Crippen LogP contribution in [0.1, 0.15) is 46.0 Å². The van der Waals surface area contributed by atoms with Gasteiger partial charge in [0.25, 0.3) is 0 Å². The Hall–Kier alpha value is -0.220. The van der Waals surface area contributed by atoms with E-state index in [4.69, 9.17) is 5.11 Å². The minimum atomic E-state index is 0.0228. The maximum atomic E-state index is 12.2. The van der Waals surface area contributed by atoms with E-state index in [1.807, 2.05) is 11.8 Å². The number of aliphatic hydroxyl groups is 1. The van der Waals surface area contributed by atoms with Crippen molar-refractivity contribution >= 4 is 17.7 Å². The van der Waals surface area contributed by atoms with E-state index in [2.05, 4.69) is 6.92 Å². The third-order valence-electron chi connectivity index (χ3n) is 3.24. The Bertz CT molecular complexity index is 227. The highest BCUT2D eigenvalue weighted by molar-refractivity contribution is 8.01. The smallest absolute Gasteiger partial charge is 0.235 e. The average Bonchev–Trinajstić information content (AvgIpc) is 2.56. The second-order valence-corrected chi connectivity index (χ2v) is 6.62. The molecule has 1 heterocycles. The fraction of sp³-hybridized carbons (Fsp3) is 0.923. The van der Waals surface area contributed by atoms with Crippen LogP contribution in [0.3, 0.4) is 0 Å². The van der Waals surface area contributed by atoms with Crippen molar-refractivity contribution in [1.82, 2.24) is 4.90 Å². The molecule has 0 aromatic rings. The molecule has 100 valence electrons. The van der Waals surface area contributed by atoms with Gasteiger partial charge in [0.15, 0.2) is 0 Å². The summed E-state index contributed by atoms with van der Waals surface area (Å²) in [6, 6.07) is 0. The quantitative estimate of drug-likeness (QED) is 0.823. The molecule has 0 radical (unpaired) electrons. The molecule has 0 saturated carbocycles. The molecule has 1 amide bonds. The summed E-state index contributed by atoms with van der Waals surface area (Å²) in [7, 11) is 0. The number of likely N-dealkylation sites (tertiary alicyclic amines) is 1. The van der Waals surface area contributed by atoms with Crippen LogP contribution in [0.25, 0.3) is 0 Å². The molecule has 2 unspecified atom stereocenters. The third-order valence-corrected chi connectivity index (χ3v) is 4.55. The molecule has 2 atom stereocenters. The van der Waals surface area contributed by atoms with Crippen LogP contribution in [0.4, 0.5) is 0 Å². The molecule has 1 fully saturated rings. The van der Waals surface area contributed by atoms with Crippen LogP contribution in [0.5, 0.6) is 0 Å². The second-order valence-electron chi connectivity index (χ2n) is 4.84. The molecule has 1 saturated heterocycles. The van der Waals surface area contributed by atoms with Gasteiger partial charge >= 0.3 is 0 Å². The molecule has 1 aliphatic rings. The van der Waals surface area contributed by atoms with Gasteiger partial charge in [0.05, 0.1) is 5.25 Å². The summed E-state index contributed by atoms with van der Waals surface area (Å²) in [5.41, 5.74) is 0. The zero-order valence-electron chi connectivity index (χ0n) is 11.0. The lowest BCUT2D eigenvalue weighted by molar-refractivity contribution is -0.130. The summed E-state index contributed by atoms with van der Waals surface area (Å²) in [5, 5.41) is 9.24. The molecule has 0 spiro atoms. The van der Waals surface area contributed by atoms with Crippen molar-refractivity contribution in [2.45, 2.75) is 56.5 Å². The predicted molar refractivity (Wildman–Crippen MR) is 73.3 cm³/mol. The van der Waals surface area contributed by atoms with Gasteiger partial charge in [0, 0.05) is 24.9 Å². The van der Waals surface area contributed by atoms with Gasteiger partial charge < -0.3 is 10.0 Å². The van der Waals surface area contributed by atoms with Crippen LogP contribution in [0.15, 0.2) is 0 Å². The number of rotatable bonds is 5. The molecule has 1 aliphatic heterocycles. The fourth-order valence-corrected chi connectivity index (χ4v) is 3.41. The Kier molecular flexibility index (Phi) is 6.97. The van der Waals surface area contributed by atoms with E-state index in [9.17, 15) is 4.79 Å². The molecule has 1 rings (SSSR count). The molecular weight excluding hydrogens is 234 g/mol. The first-order valence-electron chi connectivity index (χ1n) is 6.70. The van der Waals surface area contributed by atoms with Crippen LogP contribution >= 0.6 is 11.8 Å². The lowest BCUT2D eigenvalue weighted by Gasteiger charge is -2.25. The largest absolute Gasteiger partial charge is 0.396 e. The van der Waals surface area contributed by atoms with Gasteiger partial charge in [-0.15, -0.1) is 11.8 Å². The first-order chi connectivity index (χ1) is 8.15. The standard InChI is InChI=1S/C13H25NO2S/c1-11(7-10-15)17-12(2)13(16)14-8-5-3-4-6-9-14/h11-12,15H,3-10H2,1-2H3. The number of nitrogens with zero attached hydrogens (tertiary/aromatic N) is 1. The van der Waals surface area contributed by atoms with Crippen molar-refractivity contribution in [3.05, 3.63) is 0 Å². The van der Waals surface area contributed by atoms with Crippen molar-refractivity contribution in [3.8, 4) is 0 Å². The summed E-state index contributed by atoms with van der Waals surface area (Å²) >= 11 is 1.68. The van der Waals surface area contributed by atoms with Gasteiger partial charge in [0.2, 0.25) is 5.91 Å². The summed E-state index contributed by atoms with van der Waals surface area (Å²) in [6.45, 7) is 6.13. The lowest BCUT2D eigenvalue weighted by Crippen LogP contribution is -2.37. The molecule has 1 N–H and O–H groups in total. The third kappa shape index (κ3) is 5.30. The number of thioether (sulfide) groups is 1. The predicted octanol–water partition coefficient (Wildman–Crippen LogP) is 2.28. The van der Waals surface area contributed by atoms with E-state index >= 15 is 0 Å². The van der Waals surface area contributed by atoms with E-state index in [0.717, 1.165) is 32.4 Å². The van der Waals surface area contributed by atoms with Crippen LogP contribution in [0, 0.1) is 0 Å². The number of carbonyl (C=O) groups is 1. The summed E-state index contributed by atoms with van der Waals surface area (Å²) in [4.78, 5) is 14.3. The number of amides is 1. The first-order valence-corrected chi connectivity index (χ1v) is 7.64. The van der Waals surface area contributed by atoms with Crippen LogP contribution in [0.2, 0.25) is 0 Å². The first kappa shape index (κ1) is 14.8. The van der Waals surface area contributed by atoms with Crippen molar-refractivity contribution in [3.63, 3.8) is 0 Å². The minimum absolute atomic E-state index is 0.0228. The highest BCUT2D eigenvalue weighted by Gasteiger charge is 2.23. The van der Waals surface area contributed by atoms with E-state index in [-0.39, 0.29) is 17.8 Å². The molecule has 0 bridgehead atoms. The number of carbonyl (C=O) groups excluding carboxylic acids is 1. The van der Waals surface area contributed by atoms with E-state index in [1.165, 1.54) is 12.8 Å². The van der Waals surface area contributed by atoms with Gasteiger partial charge in [-0.3, -0.25) is 4.79 Å². The van der Waals surface area contributed by atoms with Gasteiger partial charge in [-0.2, -0.15) is 0 Å². The summed E-state index contributed by atoms with van der Waals surface area (Å²) in [5.74, 6) is 0.279. The van der Waals surface area contributed by atoms with E-state index < -0.39 is 0 Å². The summed E-state index contributed by atoms with van der Waals surface area (Å²) in [6.07, 6.45) is 5.57. The SMILES string of the molecule is CC(CCO)SC(C)C(=O)N1CCCCCC1. The molecule has 0 aliphatic carbocycles. The van der Waals surface area contributed by atoms with E-state index in [1.54, 1.807) is 11.8 Å². The van der Waals surface area contributed by atoms with Crippen LogP contribution in [-0.4, -0.2) is 46.1 Å². The average molecular weight is 259 g/mol. The number of hydrogen-bond acceptors (Lipinski definition) is 3. The fourth-order valence-electron chi connectivity index (χ4n) is 2.20. The van der Waals surface area contributed by atoms with Crippen molar-refractivity contribution in [1.29, 1.82) is 0 Å². The zero-order valence-corrected chi connectivity index (χ0v) is 11.8. The van der Waals surface area contributed by atoms with Gasteiger partial charge in [-0.25, -0.2) is 0 Å². The maximum Gasteiger partial charge on any atom is 0.235 e. The summed E-state index contributed by atoms with van der Waals surface area (Å²) < 4.78 is 0. The Morgan fingerprint density at radius 3 is 2.35 bits per heavy atom. The molecular formula is C13H25NO2S. The number of aliphatic hydroxyl groups excluding tert-OH is 1. The zero-order chi connectivity index (χ0) is 12.7. The Labute approximate surface area is 109 Å². The normalized spacial score (nSPS) is 20.8. The van der Waals surface area contributed by atoms with Crippen molar-refractivity contribution in [2.24, 2.45) is 0 Å². The maximum absolute atomic E-state index is 12.2. The van der Waals surface area contributed by atoms with Crippen LogP contribution < -0.4 is 0 Å². The van der Waals surface area contributed by atoms with Crippen molar-refractivity contribution in [2.75, 3.05) is 19.7 Å². The van der Waals surface area contributed by atoms with Gasteiger partial charge in [-0.1, -0.05) is 19.8 Å². The Morgan fingerprint density at radius 2 is 1.82 bits per heavy atom. The lowest BCUT2D eigenvalue weighted by atomic mass is 10.2. The highest BCUT2D eigenvalue weighted by Crippen LogP contribution is 2.22. The van der Waals surface area contributed by atoms with Gasteiger partial charge in [0.1, 0.15) is 0 Å². The monoisotopic (exact) mass is 259 g/mol. The minimum Gasteiger partial charge on any atom is -0.396 e. The molecule has 0 aromatic heterocycles. The van der Waals surface area contributed by atoms with Crippen LogP contribution in [-0.2, 0) is 4.79 Å². The Morgan fingerprint density at radius 1 is 1.24 bits per heavy atom. The van der Waals surface area contributed by atoms with Gasteiger partial charge in [-0.05, 0) is 26.2 Å². The molecule has 0 aromatic carbocycles. The molecule has 3 nitrogen and oxygen atoms in total. The van der Waals surface area contributed by atoms with E-state index in [0.29, 0.717) is 5.25 Å². The second kappa shape index (κ2) is 7.98. The van der Waals surface area contributed by atoms with Crippen molar-refractivity contribution < 1.29 is 9.90 Å². The topological polar surface area (TPSA) is 40.5 Å². The highest BCUT2D eigenvalue weighted by atomic mass is 32.2.